The van der Waals surface area contributed by atoms with Crippen molar-refractivity contribution in [3.63, 3.8) is 0 Å². The average molecular weight is 224 g/mol. The number of hydrogen-bond donors (Lipinski definition) is 3. The molecule has 0 radical (unpaired) electrons. The minimum absolute atomic E-state index is 0. The highest BCUT2D eigenvalue weighted by Crippen LogP contribution is 2.02. The quantitative estimate of drug-likeness (QED) is 0.631. The van der Waals surface area contributed by atoms with Crippen LogP contribution in [0.3, 0.4) is 0 Å². The molecule has 0 bridgehead atoms. The van der Waals surface area contributed by atoms with Crippen LogP contribution < -0.4 is 10.8 Å². The second kappa shape index (κ2) is 7.69. The maximum atomic E-state index is 7.57. The molecule has 84 valence electrons. The molecule has 5 heteroatoms. The van der Waals surface area contributed by atoms with Gasteiger partial charge < -0.3 is 15.9 Å². The molecule has 0 spiro atoms. The van der Waals surface area contributed by atoms with Gasteiger partial charge in [-0.2, -0.15) is 0 Å². The SMILES string of the molecule is CCO.C[Si](C)(C)N[Si](C)(C)C.N. The van der Waals surface area contributed by atoms with Crippen molar-refractivity contribution in [1.82, 2.24) is 10.8 Å². The van der Waals surface area contributed by atoms with Gasteiger partial charge in [-0.05, 0) is 6.92 Å². The summed E-state index contributed by atoms with van der Waals surface area (Å²) in [4.78, 5) is 0. The van der Waals surface area contributed by atoms with Gasteiger partial charge in [0.1, 0.15) is 16.5 Å². The Morgan fingerprint density at radius 2 is 1.08 bits per heavy atom. The molecule has 0 amide bonds. The summed E-state index contributed by atoms with van der Waals surface area (Å²) < 4.78 is 3.74. The lowest BCUT2D eigenvalue weighted by atomic mass is 10.9. The Bertz CT molecular complexity index is 95.7. The Kier molecular flexibility index (Phi) is 11.2. The maximum Gasteiger partial charge on any atom is 0.109 e. The van der Waals surface area contributed by atoms with E-state index in [1.54, 1.807) is 6.92 Å². The van der Waals surface area contributed by atoms with E-state index >= 15 is 0 Å². The molecule has 0 aromatic rings. The van der Waals surface area contributed by atoms with E-state index in [0.717, 1.165) is 0 Å². The van der Waals surface area contributed by atoms with E-state index in [9.17, 15) is 0 Å². The molecule has 0 aliphatic rings. The number of aliphatic hydroxyl groups excluding tert-OH is 1. The van der Waals surface area contributed by atoms with Crippen LogP contribution in [0.5, 0.6) is 0 Å². The fourth-order valence-electron chi connectivity index (χ4n) is 1.12. The molecule has 0 fully saturated rings. The van der Waals surface area contributed by atoms with Crippen LogP contribution in [0.1, 0.15) is 6.92 Å². The summed E-state index contributed by atoms with van der Waals surface area (Å²) in [6.07, 6.45) is 0. The van der Waals surface area contributed by atoms with Crippen molar-refractivity contribution in [2.75, 3.05) is 6.61 Å². The zero-order valence-electron chi connectivity index (χ0n) is 10.4. The second-order valence-corrected chi connectivity index (χ2v) is 14.9. The molecule has 13 heavy (non-hydrogen) atoms. The van der Waals surface area contributed by atoms with Gasteiger partial charge in [-0.3, -0.25) is 0 Å². The van der Waals surface area contributed by atoms with Gasteiger partial charge in [0.15, 0.2) is 0 Å². The van der Waals surface area contributed by atoms with Gasteiger partial charge in [0.25, 0.3) is 0 Å². The molecular weight excluding hydrogens is 196 g/mol. The Hall–Kier alpha value is 0.314. The first-order valence-corrected chi connectivity index (χ1v) is 11.5. The van der Waals surface area contributed by atoms with Gasteiger partial charge >= 0.3 is 0 Å². The largest absolute Gasteiger partial charge is 0.397 e. The van der Waals surface area contributed by atoms with Crippen LogP contribution in [0.25, 0.3) is 0 Å². The number of rotatable bonds is 2. The van der Waals surface area contributed by atoms with Crippen molar-refractivity contribution in [1.29, 1.82) is 0 Å². The molecule has 0 heterocycles. The van der Waals surface area contributed by atoms with Crippen LogP contribution in [-0.4, -0.2) is 28.2 Å². The number of nitrogens with one attached hydrogen (secondary N) is 1. The Morgan fingerprint density at radius 3 is 1.08 bits per heavy atom. The summed E-state index contributed by atoms with van der Waals surface area (Å²) in [6, 6.07) is 0. The molecule has 0 rings (SSSR count). The molecular formula is C8H28N2OSi2. The van der Waals surface area contributed by atoms with Crippen LogP contribution in [0.2, 0.25) is 39.3 Å². The van der Waals surface area contributed by atoms with E-state index < -0.39 is 16.5 Å². The van der Waals surface area contributed by atoms with Crippen molar-refractivity contribution in [3.05, 3.63) is 0 Å². The highest BCUT2D eigenvalue weighted by atomic mass is 28.4. The monoisotopic (exact) mass is 224 g/mol. The molecule has 0 aromatic heterocycles. The molecule has 0 aromatic carbocycles. The van der Waals surface area contributed by atoms with Crippen molar-refractivity contribution in [3.8, 4) is 0 Å². The summed E-state index contributed by atoms with van der Waals surface area (Å²) in [5, 5.41) is 7.57. The first kappa shape index (κ1) is 19.0. The summed E-state index contributed by atoms with van der Waals surface area (Å²) >= 11 is 0. The Labute approximate surface area is 85.7 Å². The summed E-state index contributed by atoms with van der Waals surface area (Å²) in [5.74, 6) is 0. The smallest absolute Gasteiger partial charge is 0.109 e. The second-order valence-electron chi connectivity index (χ2n) is 4.94. The van der Waals surface area contributed by atoms with E-state index in [2.05, 4.69) is 43.9 Å². The van der Waals surface area contributed by atoms with Gasteiger partial charge in [0.05, 0.1) is 0 Å². The molecule has 0 atom stereocenters. The van der Waals surface area contributed by atoms with E-state index in [0.29, 0.717) is 0 Å². The normalized spacial score (nSPS) is 11.1. The standard InChI is InChI=1S/C6H19NSi2.C2H6O.H3N/c1-8(2,3)7-9(4,5)6;1-2-3;/h7H,1-6H3;3H,2H2,1H3;1H3. The summed E-state index contributed by atoms with van der Waals surface area (Å²) in [6.45, 7) is 16.0. The Morgan fingerprint density at radius 1 is 0.923 bits per heavy atom. The molecule has 0 saturated carbocycles. The predicted molar refractivity (Wildman–Crippen MR) is 67.6 cm³/mol. The average Bonchev–Trinajstić information content (AvgIpc) is 1.53. The Balaban J connectivity index is -0.000000220. The zero-order chi connectivity index (χ0) is 10.4. The third-order valence-corrected chi connectivity index (χ3v) is 6.75. The summed E-state index contributed by atoms with van der Waals surface area (Å²) in [7, 11) is -1.96. The first-order valence-electron chi connectivity index (χ1n) is 4.52. The lowest BCUT2D eigenvalue weighted by Gasteiger charge is -2.28. The van der Waals surface area contributed by atoms with Crippen LogP contribution in [0.15, 0.2) is 0 Å². The van der Waals surface area contributed by atoms with E-state index in [1.807, 2.05) is 0 Å². The van der Waals surface area contributed by atoms with Gasteiger partial charge in [0.2, 0.25) is 0 Å². The minimum Gasteiger partial charge on any atom is -0.397 e. The topological polar surface area (TPSA) is 67.3 Å². The number of aliphatic hydroxyl groups is 1. The molecule has 3 nitrogen and oxygen atoms in total. The van der Waals surface area contributed by atoms with Gasteiger partial charge in [0, 0.05) is 6.61 Å². The molecule has 5 N–H and O–H groups in total. The van der Waals surface area contributed by atoms with Crippen LogP contribution in [-0.2, 0) is 0 Å². The third kappa shape index (κ3) is 32.9. The van der Waals surface area contributed by atoms with E-state index in [-0.39, 0.29) is 12.8 Å². The molecule has 0 aliphatic carbocycles. The number of hydrogen-bond acceptors (Lipinski definition) is 3. The van der Waals surface area contributed by atoms with Crippen molar-refractivity contribution >= 4 is 16.5 Å². The van der Waals surface area contributed by atoms with Crippen molar-refractivity contribution < 1.29 is 5.11 Å². The predicted octanol–water partition coefficient (Wildman–Crippen LogP) is 2.41. The first-order chi connectivity index (χ1) is 5.12. The van der Waals surface area contributed by atoms with Gasteiger partial charge in [-0.15, -0.1) is 0 Å². The highest BCUT2D eigenvalue weighted by Gasteiger charge is 2.22. The van der Waals surface area contributed by atoms with Crippen LogP contribution >= 0.6 is 0 Å². The maximum absolute atomic E-state index is 7.57. The molecule has 0 unspecified atom stereocenters. The lowest BCUT2D eigenvalue weighted by molar-refractivity contribution is 0.318. The van der Waals surface area contributed by atoms with Gasteiger partial charge in [-0.25, -0.2) is 0 Å². The van der Waals surface area contributed by atoms with Crippen LogP contribution in [0, 0.1) is 0 Å². The van der Waals surface area contributed by atoms with E-state index in [1.165, 1.54) is 0 Å². The highest BCUT2D eigenvalue weighted by molar-refractivity contribution is 6.90. The molecule has 0 saturated heterocycles. The third-order valence-electron chi connectivity index (χ3n) is 0.750. The van der Waals surface area contributed by atoms with Crippen molar-refractivity contribution in [2.24, 2.45) is 0 Å². The molecule has 0 aliphatic heterocycles. The minimum atomic E-state index is -0.981. The lowest BCUT2D eigenvalue weighted by Crippen LogP contribution is -2.55. The fraction of sp³-hybridized carbons (Fsp3) is 1.00. The van der Waals surface area contributed by atoms with Gasteiger partial charge in [-0.1, -0.05) is 39.3 Å². The summed E-state index contributed by atoms with van der Waals surface area (Å²) in [5.41, 5.74) is 0. The van der Waals surface area contributed by atoms with Crippen LogP contribution in [0.4, 0.5) is 0 Å². The van der Waals surface area contributed by atoms with E-state index in [4.69, 9.17) is 5.11 Å². The van der Waals surface area contributed by atoms with Crippen molar-refractivity contribution in [2.45, 2.75) is 46.2 Å². The fourth-order valence-corrected chi connectivity index (χ4v) is 10.1. The zero-order valence-corrected chi connectivity index (χ0v) is 12.4.